The Bertz CT molecular complexity index is 312. The summed E-state index contributed by atoms with van der Waals surface area (Å²) in [5.41, 5.74) is 1.57. The van der Waals surface area contributed by atoms with Gasteiger partial charge in [0.1, 0.15) is 0 Å². The van der Waals surface area contributed by atoms with Gasteiger partial charge in [-0.3, -0.25) is 10.1 Å². The smallest absolute Gasteiger partial charge is 0.229 e. The third-order valence-corrected chi connectivity index (χ3v) is 1.84. The average molecular weight is 186 g/mol. The summed E-state index contributed by atoms with van der Waals surface area (Å²) in [6.07, 6.45) is 0. The summed E-state index contributed by atoms with van der Waals surface area (Å²) < 4.78 is 0. The highest BCUT2D eigenvalue weighted by atomic mass is 35.5. The van der Waals surface area contributed by atoms with E-state index in [-0.39, 0.29) is 11.5 Å². The number of nitro groups is 1. The Morgan fingerprint density at radius 1 is 1.58 bits per heavy atom. The van der Waals surface area contributed by atoms with Crippen molar-refractivity contribution in [3.63, 3.8) is 0 Å². The molecule has 0 heterocycles. The number of aryl methyl sites for hydroxylation is 1. The number of nitrogens with zero attached hydrogens (tertiary/aromatic N) is 1. The molecule has 0 N–H and O–H groups in total. The number of hydrogen-bond donors (Lipinski definition) is 0. The zero-order chi connectivity index (χ0) is 9.14. The molecule has 0 fully saturated rings. The first-order valence-corrected chi connectivity index (χ1v) is 3.84. The Morgan fingerprint density at radius 2 is 2.25 bits per heavy atom. The fraction of sp³-hybridized carbons (Fsp3) is 0.250. The summed E-state index contributed by atoms with van der Waals surface area (Å²) in [7, 11) is 0. The first-order valence-electron chi connectivity index (χ1n) is 3.46. The van der Waals surface area contributed by atoms with Gasteiger partial charge in [-0.15, -0.1) is 0 Å². The predicted molar refractivity (Wildman–Crippen MR) is 46.9 cm³/mol. The van der Waals surface area contributed by atoms with Crippen LogP contribution < -0.4 is 0 Å². The summed E-state index contributed by atoms with van der Waals surface area (Å²) in [6.45, 7) is 1.67. The highest BCUT2D eigenvalue weighted by Gasteiger charge is 2.04. The topological polar surface area (TPSA) is 43.1 Å². The minimum atomic E-state index is -0.351. The second kappa shape index (κ2) is 3.54. The Morgan fingerprint density at radius 3 is 2.75 bits per heavy atom. The molecule has 0 aliphatic rings. The van der Waals surface area contributed by atoms with E-state index in [1.54, 1.807) is 18.2 Å². The molecule has 3 nitrogen and oxygen atoms in total. The van der Waals surface area contributed by atoms with Crippen LogP contribution in [0.3, 0.4) is 0 Å². The van der Waals surface area contributed by atoms with E-state index in [9.17, 15) is 10.1 Å². The maximum atomic E-state index is 10.2. The summed E-state index contributed by atoms with van der Waals surface area (Å²) in [5.74, 6) is 0. The van der Waals surface area contributed by atoms with Crippen LogP contribution in [-0.2, 0) is 6.54 Å². The molecule has 0 saturated carbocycles. The van der Waals surface area contributed by atoms with Gasteiger partial charge >= 0.3 is 0 Å². The zero-order valence-corrected chi connectivity index (χ0v) is 7.34. The molecule has 0 saturated heterocycles. The van der Waals surface area contributed by atoms with Gasteiger partial charge in [0.25, 0.3) is 0 Å². The molecule has 1 aromatic rings. The fourth-order valence-electron chi connectivity index (χ4n) is 0.976. The van der Waals surface area contributed by atoms with E-state index in [1.807, 2.05) is 6.92 Å². The van der Waals surface area contributed by atoms with Crippen molar-refractivity contribution in [1.29, 1.82) is 0 Å². The summed E-state index contributed by atoms with van der Waals surface area (Å²) in [6, 6.07) is 5.06. The Hall–Kier alpha value is -1.09. The largest absolute Gasteiger partial charge is 0.264 e. The first-order chi connectivity index (χ1) is 5.59. The van der Waals surface area contributed by atoms with E-state index in [1.165, 1.54) is 0 Å². The van der Waals surface area contributed by atoms with Crippen LogP contribution in [0, 0.1) is 17.0 Å². The van der Waals surface area contributed by atoms with Crippen molar-refractivity contribution in [2.75, 3.05) is 0 Å². The SMILES string of the molecule is Cc1cc(Cl)ccc1C[N+](=O)[O-]. The van der Waals surface area contributed by atoms with Gasteiger partial charge in [0, 0.05) is 15.5 Å². The van der Waals surface area contributed by atoms with E-state index in [0.29, 0.717) is 10.6 Å². The Balaban J connectivity index is 2.93. The average Bonchev–Trinajstić information content (AvgIpc) is 1.94. The van der Waals surface area contributed by atoms with E-state index in [4.69, 9.17) is 11.6 Å². The highest BCUT2D eigenvalue weighted by molar-refractivity contribution is 6.30. The van der Waals surface area contributed by atoms with Crippen LogP contribution in [0.5, 0.6) is 0 Å². The fourth-order valence-corrected chi connectivity index (χ4v) is 1.20. The molecular formula is C8H8ClNO2. The van der Waals surface area contributed by atoms with Gasteiger partial charge in [0.15, 0.2) is 0 Å². The lowest BCUT2D eigenvalue weighted by Gasteiger charge is -2.00. The van der Waals surface area contributed by atoms with Crippen molar-refractivity contribution in [1.82, 2.24) is 0 Å². The summed E-state index contributed by atoms with van der Waals surface area (Å²) in [5, 5.41) is 10.8. The van der Waals surface area contributed by atoms with E-state index < -0.39 is 0 Å². The molecule has 0 amide bonds. The van der Waals surface area contributed by atoms with E-state index in [0.717, 1.165) is 5.56 Å². The third kappa shape index (κ3) is 2.20. The van der Waals surface area contributed by atoms with Gasteiger partial charge < -0.3 is 0 Å². The lowest BCUT2D eigenvalue weighted by Crippen LogP contribution is -1.99. The molecule has 0 aliphatic carbocycles. The number of hydrogen-bond acceptors (Lipinski definition) is 2. The molecule has 12 heavy (non-hydrogen) atoms. The van der Waals surface area contributed by atoms with Gasteiger partial charge in [-0.25, -0.2) is 0 Å². The minimum Gasteiger partial charge on any atom is -0.264 e. The highest BCUT2D eigenvalue weighted by Crippen LogP contribution is 2.15. The first kappa shape index (κ1) is 9.00. The van der Waals surface area contributed by atoms with Crippen molar-refractivity contribution in [3.05, 3.63) is 44.5 Å². The van der Waals surface area contributed by atoms with Crippen molar-refractivity contribution in [3.8, 4) is 0 Å². The van der Waals surface area contributed by atoms with Gasteiger partial charge in [-0.2, -0.15) is 0 Å². The van der Waals surface area contributed by atoms with Crippen LogP contribution in [0.4, 0.5) is 0 Å². The molecule has 0 spiro atoms. The standard InChI is InChI=1S/C8H8ClNO2/c1-6-4-8(9)3-2-7(6)5-10(11)12/h2-4H,5H2,1H3. The van der Waals surface area contributed by atoms with Crippen molar-refractivity contribution < 1.29 is 4.92 Å². The zero-order valence-electron chi connectivity index (χ0n) is 6.58. The van der Waals surface area contributed by atoms with E-state index >= 15 is 0 Å². The Labute approximate surface area is 75.1 Å². The monoisotopic (exact) mass is 185 g/mol. The quantitative estimate of drug-likeness (QED) is 0.525. The van der Waals surface area contributed by atoms with Gasteiger partial charge in [0.2, 0.25) is 6.54 Å². The molecule has 4 heteroatoms. The number of benzene rings is 1. The third-order valence-electron chi connectivity index (χ3n) is 1.60. The predicted octanol–water partition coefficient (Wildman–Crippen LogP) is 2.43. The number of halogens is 1. The second-order valence-electron chi connectivity index (χ2n) is 2.56. The van der Waals surface area contributed by atoms with Crippen LogP contribution in [0.2, 0.25) is 5.02 Å². The minimum absolute atomic E-state index is 0.136. The molecule has 0 atom stereocenters. The van der Waals surface area contributed by atoms with Crippen LogP contribution in [-0.4, -0.2) is 4.92 Å². The normalized spacial score (nSPS) is 9.83. The van der Waals surface area contributed by atoms with E-state index in [2.05, 4.69) is 0 Å². The van der Waals surface area contributed by atoms with Gasteiger partial charge in [0.05, 0.1) is 0 Å². The molecule has 0 bridgehead atoms. The lowest BCUT2D eigenvalue weighted by molar-refractivity contribution is -0.496. The summed E-state index contributed by atoms with van der Waals surface area (Å²) >= 11 is 5.68. The molecule has 0 aliphatic heterocycles. The van der Waals surface area contributed by atoms with Gasteiger partial charge in [-0.1, -0.05) is 17.7 Å². The van der Waals surface area contributed by atoms with Crippen molar-refractivity contribution >= 4 is 11.6 Å². The molecule has 0 aromatic heterocycles. The second-order valence-corrected chi connectivity index (χ2v) is 3.00. The maximum absolute atomic E-state index is 10.2. The van der Waals surface area contributed by atoms with Crippen LogP contribution in [0.1, 0.15) is 11.1 Å². The summed E-state index contributed by atoms with van der Waals surface area (Å²) in [4.78, 5) is 9.83. The molecule has 0 radical (unpaired) electrons. The molecule has 1 rings (SSSR count). The van der Waals surface area contributed by atoms with Crippen LogP contribution in [0.25, 0.3) is 0 Å². The number of rotatable bonds is 2. The van der Waals surface area contributed by atoms with Crippen LogP contribution >= 0.6 is 11.6 Å². The lowest BCUT2D eigenvalue weighted by atomic mass is 10.1. The van der Waals surface area contributed by atoms with Crippen molar-refractivity contribution in [2.45, 2.75) is 13.5 Å². The maximum Gasteiger partial charge on any atom is 0.229 e. The Kier molecular flexibility index (Phi) is 2.65. The van der Waals surface area contributed by atoms with Crippen LogP contribution in [0.15, 0.2) is 18.2 Å². The molecule has 0 unspecified atom stereocenters. The molecule has 64 valence electrons. The van der Waals surface area contributed by atoms with Gasteiger partial charge in [-0.05, 0) is 24.6 Å². The molecule has 1 aromatic carbocycles. The molecular weight excluding hydrogens is 178 g/mol. The van der Waals surface area contributed by atoms with Crippen molar-refractivity contribution in [2.24, 2.45) is 0 Å².